The van der Waals surface area contributed by atoms with Gasteiger partial charge in [-0.25, -0.2) is 4.39 Å². The van der Waals surface area contributed by atoms with E-state index in [1.165, 1.54) is 16.5 Å². The molecule has 1 heterocycles. The predicted molar refractivity (Wildman–Crippen MR) is 88.7 cm³/mol. The molecule has 0 radical (unpaired) electrons. The summed E-state index contributed by atoms with van der Waals surface area (Å²) in [6, 6.07) is 13.6. The molecule has 3 rings (SSSR count). The van der Waals surface area contributed by atoms with Crippen LogP contribution in [0.5, 0.6) is 0 Å². The van der Waals surface area contributed by atoms with Crippen LogP contribution in [0.25, 0.3) is 0 Å². The second-order valence-corrected chi connectivity index (χ2v) is 7.38. The number of hydrazine groups is 1. The van der Waals surface area contributed by atoms with Gasteiger partial charge >= 0.3 is 0 Å². The van der Waals surface area contributed by atoms with Gasteiger partial charge in [-0.1, -0.05) is 40.2 Å². The standard InChI is InChI=1S/C16H16BrFN2S/c17-12-6-5-10(13(18)9-12)7-14(20-19)16-8-11-3-1-2-4-15(11)21-16/h1-6,9,14,16,20H,7-8,19H2. The Labute approximate surface area is 136 Å². The number of thioether (sulfide) groups is 1. The van der Waals surface area contributed by atoms with Gasteiger partial charge in [0.25, 0.3) is 0 Å². The molecule has 0 spiro atoms. The fourth-order valence-electron chi connectivity index (χ4n) is 2.66. The minimum atomic E-state index is -0.190. The summed E-state index contributed by atoms with van der Waals surface area (Å²) in [6.45, 7) is 0. The molecule has 0 aromatic heterocycles. The first kappa shape index (κ1) is 15.0. The first-order valence-corrected chi connectivity index (χ1v) is 8.49. The van der Waals surface area contributed by atoms with E-state index < -0.39 is 0 Å². The number of nitrogens with one attached hydrogen (secondary N) is 1. The molecule has 0 saturated carbocycles. The summed E-state index contributed by atoms with van der Waals surface area (Å²) in [5, 5.41) is 0.329. The van der Waals surface area contributed by atoms with Crippen LogP contribution >= 0.6 is 27.7 Å². The lowest BCUT2D eigenvalue weighted by Gasteiger charge is -2.22. The lowest BCUT2D eigenvalue weighted by Crippen LogP contribution is -2.44. The Bertz CT molecular complexity index is 625. The molecule has 5 heteroatoms. The maximum Gasteiger partial charge on any atom is 0.127 e. The van der Waals surface area contributed by atoms with Gasteiger partial charge in [-0.15, -0.1) is 11.8 Å². The summed E-state index contributed by atoms with van der Waals surface area (Å²) >= 11 is 5.10. The quantitative estimate of drug-likeness (QED) is 0.640. The predicted octanol–water partition coefficient (Wildman–Crippen LogP) is 3.68. The lowest BCUT2D eigenvalue weighted by molar-refractivity contribution is 0.493. The van der Waals surface area contributed by atoms with E-state index in [1.54, 1.807) is 0 Å². The summed E-state index contributed by atoms with van der Waals surface area (Å²) in [4.78, 5) is 1.30. The van der Waals surface area contributed by atoms with Crippen LogP contribution in [0.3, 0.4) is 0 Å². The van der Waals surface area contributed by atoms with Crippen molar-refractivity contribution in [1.29, 1.82) is 0 Å². The highest BCUT2D eigenvalue weighted by molar-refractivity contribution is 9.10. The molecule has 0 aliphatic carbocycles. The fourth-order valence-corrected chi connectivity index (χ4v) is 4.38. The monoisotopic (exact) mass is 366 g/mol. The first-order valence-electron chi connectivity index (χ1n) is 6.82. The van der Waals surface area contributed by atoms with Gasteiger partial charge in [0.15, 0.2) is 0 Å². The number of benzene rings is 2. The van der Waals surface area contributed by atoms with Gasteiger partial charge in [0.2, 0.25) is 0 Å². The largest absolute Gasteiger partial charge is 0.271 e. The van der Waals surface area contributed by atoms with Crippen molar-refractivity contribution >= 4 is 27.7 Å². The van der Waals surface area contributed by atoms with Gasteiger partial charge in [0, 0.05) is 20.7 Å². The van der Waals surface area contributed by atoms with E-state index in [0.29, 0.717) is 17.2 Å². The third-order valence-corrected chi connectivity index (χ3v) is 5.73. The highest BCUT2D eigenvalue weighted by atomic mass is 79.9. The van der Waals surface area contributed by atoms with Crippen molar-refractivity contribution in [2.45, 2.75) is 29.0 Å². The molecule has 2 nitrogen and oxygen atoms in total. The number of fused-ring (bicyclic) bond motifs is 1. The molecular formula is C16H16BrFN2S. The minimum Gasteiger partial charge on any atom is -0.271 e. The minimum absolute atomic E-state index is 0.0399. The zero-order valence-corrected chi connectivity index (χ0v) is 13.8. The molecule has 2 unspecified atom stereocenters. The van der Waals surface area contributed by atoms with Gasteiger partial charge in [0.05, 0.1) is 0 Å². The van der Waals surface area contributed by atoms with Crippen molar-refractivity contribution in [2.24, 2.45) is 5.84 Å². The molecule has 0 bridgehead atoms. The molecule has 1 aliphatic heterocycles. The van der Waals surface area contributed by atoms with E-state index in [2.05, 4.69) is 39.6 Å². The molecule has 0 fully saturated rings. The topological polar surface area (TPSA) is 38.0 Å². The smallest absolute Gasteiger partial charge is 0.127 e. The molecule has 3 N–H and O–H groups in total. The van der Waals surface area contributed by atoms with Gasteiger partial charge in [-0.2, -0.15) is 0 Å². The van der Waals surface area contributed by atoms with E-state index in [4.69, 9.17) is 5.84 Å². The third-order valence-electron chi connectivity index (χ3n) is 3.79. The van der Waals surface area contributed by atoms with Crippen molar-refractivity contribution in [3.8, 4) is 0 Å². The zero-order chi connectivity index (χ0) is 14.8. The summed E-state index contributed by atoms with van der Waals surface area (Å²) in [5.41, 5.74) is 4.91. The second kappa shape index (κ2) is 6.48. The highest BCUT2D eigenvalue weighted by Gasteiger charge is 2.29. The lowest BCUT2D eigenvalue weighted by atomic mass is 9.99. The van der Waals surface area contributed by atoms with Crippen molar-refractivity contribution in [2.75, 3.05) is 0 Å². The number of nitrogens with two attached hydrogens (primary N) is 1. The van der Waals surface area contributed by atoms with Crippen molar-refractivity contribution in [3.63, 3.8) is 0 Å². The molecule has 0 saturated heterocycles. The number of rotatable bonds is 4. The molecular weight excluding hydrogens is 351 g/mol. The molecule has 110 valence electrons. The third kappa shape index (κ3) is 3.31. The molecule has 2 atom stereocenters. The summed E-state index contributed by atoms with van der Waals surface area (Å²) in [7, 11) is 0. The summed E-state index contributed by atoms with van der Waals surface area (Å²) in [6.07, 6.45) is 1.55. The number of halogens is 2. The van der Waals surface area contributed by atoms with Gasteiger partial charge in [-0.05, 0) is 42.2 Å². The summed E-state index contributed by atoms with van der Waals surface area (Å²) in [5.74, 6) is 5.53. The second-order valence-electron chi connectivity index (χ2n) is 5.18. The molecule has 2 aromatic carbocycles. The molecule has 21 heavy (non-hydrogen) atoms. The average molecular weight is 367 g/mol. The Kier molecular flexibility index (Phi) is 4.64. The summed E-state index contributed by atoms with van der Waals surface area (Å²) < 4.78 is 14.7. The van der Waals surface area contributed by atoms with E-state index in [1.807, 2.05) is 30.0 Å². The van der Waals surface area contributed by atoms with Gasteiger partial charge in [0.1, 0.15) is 5.82 Å². The van der Waals surface area contributed by atoms with Crippen molar-refractivity contribution < 1.29 is 4.39 Å². The Hall–Kier alpha value is -0.880. The van der Waals surface area contributed by atoms with Crippen LogP contribution in [0.15, 0.2) is 51.8 Å². The maximum absolute atomic E-state index is 14.0. The van der Waals surface area contributed by atoms with E-state index in [9.17, 15) is 4.39 Å². The zero-order valence-electron chi connectivity index (χ0n) is 11.4. The number of hydrogen-bond acceptors (Lipinski definition) is 3. The average Bonchev–Trinajstić information content (AvgIpc) is 2.90. The van der Waals surface area contributed by atoms with Gasteiger partial charge < -0.3 is 0 Å². The molecule has 1 aliphatic rings. The first-order chi connectivity index (χ1) is 10.2. The Balaban J connectivity index is 1.75. The van der Waals surface area contributed by atoms with Crippen LogP contribution in [0.1, 0.15) is 11.1 Å². The Morgan fingerprint density at radius 1 is 1.33 bits per heavy atom. The van der Waals surface area contributed by atoms with E-state index in [0.717, 1.165) is 10.9 Å². The van der Waals surface area contributed by atoms with Crippen LogP contribution in [0, 0.1) is 5.82 Å². The van der Waals surface area contributed by atoms with Crippen LogP contribution in [-0.2, 0) is 12.8 Å². The SMILES string of the molecule is NNC(Cc1ccc(Br)cc1F)C1Cc2ccccc2S1. The molecule has 0 amide bonds. The maximum atomic E-state index is 14.0. The normalized spacial score (nSPS) is 18.5. The van der Waals surface area contributed by atoms with Crippen LogP contribution < -0.4 is 11.3 Å². The van der Waals surface area contributed by atoms with Crippen molar-refractivity contribution in [1.82, 2.24) is 5.43 Å². The van der Waals surface area contributed by atoms with Crippen LogP contribution in [0.2, 0.25) is 0 Å². The van der Waals surface area contributed by atoms with Crippen LogP contribution in [-0.4, -0.2) is 11.3 Å². The molecule has 2 aromatic rings. The fraction of sp³-hybridized carbons (Fsp3) is 0.250. The Morgan fingerprint density at radius 2 is 2.14 bits per heavy atom. The van der Waals surface area contributed by atoms with Gasteiger partial charge in [-0.3, -0.25) is 11.3 Å². The number of hydrogen-bond donors (Lipinski definition) is 2. The van der Waals surface area contributed by atoms with E-state index >= 15 is 0 Å². The Morgan fingerprint density at radius 3 is 2.86 bits per heavy atom. The highest BCUT2D eigenvalue weighted by Crippen LogP contribution is 2.38. The van der Waals surface area contributed by atoms with E-state index in [-0.39, 0.29) is 11.9 Å². The van der Waals surface area contributed by atoms with Crippen molar-refractivity contribution in [3.05, 3.63) is 63.9 Å². The van der Waals surface area contributed by atoms with Crippen LogP contribution in [0.4, 0.5) is 4.39 Å².